The molecule has 0 bridgehead atoms. The number of imide groups is 1. The Labute approximate surface area is 124 Å². The smallest absolute Gasteiger partial charge is 0.321 e. The van der Waals surface area contributed by atoms with Crippen LogP contribution in [0.3, 0.4) is 0 Å². The standard InChI is InChI=1S/C13H25N3O5/c1-16(9-10-21-2)8-7-14-13(20)15-11(17)5-3-4-6-12(18)19/h3-10H2,1-2H3,(H,18,19)(H2,14,15,17,20). The number of aliphatic carboxylic acids is 1. The number of urea groups is 1. The third kappa shape index (κ3) is 13.1. The van der Waals surface area contributed by atoms with Crippen molar-refractivity contribution < 1.29 is 24.2 Å². The van der Waals surface area contributed by atoms with Crippen molar-refractivity contribution in [3.05, 3.63) is 0 Å². The van der Waals surface area contributed by atoms with E-state index < -0.39 is 17.9 Å². The average molecular weight is 303 g/mol. The molecular weight excluding hydrogens is 278 g/mol. The Kier molecular flexibility index (Phi) is 11.1. The molecule has 0 aromatic carbocycles. The summed E-state index contributed by atoms with van der Waals surface area (Å²) in [6.07, 6.45) is 1.06. The number of carbonyl (C=O) groups is 3. The van der Waals surface area contributed by atoms with Crippen LogP contribution in [0.5, 0.6) is 0 Å². The first-order valence-corrected chi connectivity index (χ1v) is 6.92. The van der Waals surface area contributed by atoms with E-state index in [1.54, 1.807) is 7.11 Å². The van der Waals surface area contributed by atoms with Gasteiger partial charge in [-0.25, -0.2) is 4.79 Å². The second-order valence-corrected chi connectivity index (χ2v) is 4.70. The molecule has 0 heterocycles. The topological polar surface area (TPSA) is 108 Å². The Balaban J connectivity index is 3.59. The molecule has 0 atom stereocenters. The van der Waals surface area contributed by atoms with Crippen molar-refractivity contribution in [3.8, 4) is 0 Å². The molecule has 21 heavy (non-hydrogen) atoms. The molecule has 0 aromatic rings. The molecule has 0 aromatic heterocycles. The summed E-state index contributed by atoms with van der Waals surface area (Å²) in [7, 11) is 3.54. The van der Waals surface area contributed by atoms with Crippen LogP contribution in [-0.4, -0.2) is 68.3 Å². The van der Waals surface area contributed by atoms with E-state index in [2.05, 4.69) is 10.6 Å². The van der Waals surface area contributed by atoms with Crippen LogP contribution in [-0.2, 0) is 14.3 Å². The van der Waals surface area contributed by atoms with Crippen molar-refractivity contribution in [2.75, 3.05) is 40.4 Å². The van der Waals surface area contributed by atoms with E-state index in [1.807, 2.05) is 11.9 Å². The molecule has 0 unspecified atom stereocenters. The summed E-state index contributed by atoms with van der Waals surface area (Å²) in [6.45, 7) is 2.47. The third-order valence-corrected chi connectivity index (χ3v) is 2.75. The van der Waals surface area contributed by atoms with Gasteiger partial charge in [0.05, 0.1) is 6.61 Å². The monoisotopic (exact) mass is 303 g/mol. The summed E-state index contributed by atoms with van der Waals surface area (Å²) in [5.74, 6) is -1.28. The summed E-state index contributed by atoms with van der Waals surface area (Å²) >= 11 is 0. The van der Waals surface area contributed by atoms with Gasteiger partial charge in [0.15, 0.2) is 0 Å². The molecular formula is C13H25N3O5. The van der Waals surface area contributed by atoms with E-state index in [1.165, 1.54) is 0 Å². The molecule has 0 saturated heterocycles. The zero-order valence-corrected chi connectivity index (χ0v) is 12.7. The summed E-state index contributed by atoms with van der Waals surface area (Å²) in [5, 5.41) is 13.2. The average Bonchev–Trinajstić information content (AvgIpc) is 2.41. The lowest BCUT2D eigenvalue weighted by Gasteiger charge is -2.16. The quantitative estimate of drug-likeness (QED) is 0.465. The van der Waals surface area contributed by atoms with Gasteiger partial charge in [-0.3, -0.25) is 14.9 Å². The maximum atomic E-state index is 11.4. The second kappa shape index (κ2) is 12.1. The Hall–Kier alpha value is -1.67. The molecule has 0 aliphatic rings. The molecule has 0 rings (SSSR count). The predicted molar refractivity (Wildman–Crippen MR) is 77.0 cm³/mol. The van der Waals surface area contributed by atoms with Gasteiger partial charge in [0.25, 0.3) is 0 Å². The molecule has 122 valence electrons. The van der Waals surface area contributed by atoms with E-state index in [0.717, 1.165) is 6.54 Å². The zero-order valence-electron chi connectivity index (χ0n) is 12.7. The Bertz CT molecular complexity index is 336. The molecule has 0 saturated carbocycles. The van der Waals surface area contributed by atoms with Crippen LogP contribution in [0.2, 0.25) is 0 Å². The van der Waals surface area contributed by atoms with Crippen LogP contribution in [0.25, 0.3) is 0 Å². The minimum Gasteiger partial charge on any atom is -0.481 e. The highest BCUT2D eigenvalue weighted by molar-refractivity contribution is 5.94. The van der Waals surface area contributed by atoms with Crippen molar-refractivity contribution in [2.24, 2.45) is 0 Å². The van der Waals surface area contributed by atoms with Crippen molar-refractivity contribution in [1.29, 1.82) is 0 Å². The highest BCUT2D eigenvalue weighted by atomic mass is 16.5. The Morgan fingerprint density at radius 2 is 1.81 bits per heavy atom. The highest BCUT2D eigenvalue weighted by Crippen LogP contribution is 1.99. The molecule has 0 spiro atoms. The zero-order chi connectivity index (χ0) is 16.1. The van der Waals surface area contributed by atoms with Gasteiger partial charge in [-0.05, 0) is 19.9 Å². The van der Waals surface area contributed by atoms with Crippen LogP contribution in [0, 0.1) is 0 Å². The van der Waals surface area contributed by atoms with E-state index in [4.69, 9.17) is 9.84 Å². The largest absolute Gasteiger partial charge is 0.481 e. The normalized spacial score (nSPS) is 10.4. The minimum absolute atomic E-state index is 0.0350. The lowest BCUT2D eigenvalue weighted by atomic mass is 10.2. The number of hydrogen-bond acceptors (Lipinski definition) is 5. The number of carboxylic acid groups (broad SMARTS) is 1. The molecule has 0 fully saturated rings. The molecule has 0 aliphatic heterocycles. The number of likely N-dealkylation sites (N-methyl/N-ethyl adjacent to an activating group) is 1. The van der Waals surface area contributed by atoms with E-state index >= 15 is 0 Å². The van der Waals surface area contributed by atoms with Crippen LogP contribution < -0.4 is 10.6 Å². The van der Waals surface area contributed by atoms with Crippen molar-refractivity contribution in [2.45, 2.75) is 25.7 Å². The molecule has 0 aliphatic carbocycles. The maximum absolute atomic E-state index is 11.4. The SMILES string of the molecule is COCCN(C)CCNC(=O)NC(=O)CCCCC(=O)O. The fourth-order valence-electron chi connectivity index (χ4n) is 1.51. The summed E-state index contributed by atoms with van der Waals surface area (Å²) in [6, 6.07) is -0.529. The second-order valence-electron chi connectivity index (χ2n) is 4.70. The van der Waals surface area contributed by atoms with Gasteiger partial charge >= 0.3 is 12.0 Å². The molecule has 8 nitrogen and oxygen atoms in total. The predicted octanol–water partition coefficient (Wildman–Crippen LogP) is 0.0354. The third-order valence-electron chi connectivity index (χ3n) is 2.75. The van der Waals surface area contributed by atoms with Crippen LogP contribution in [0.1, 0.15) is 25.7 Å². The minimum atomic E-state index is -0.884. The van der Waals surface area contributed by atoms with Gasteiger partial charge in [0.2, 0.25) is 5.91 Å². The van der Waals surface area contributed by atoms with E-state index in [-0.39, 0.29) is 12.8 Å². The van der Waals surface area contributed by atoms with E-state index in [0.29, 0.717) is 32.5 Å². The van der Waals surface area contributed by atoms with Gasteiger partial charge in [-0.15, -0.1) is 0 Å². The number of amides is 3. The summed E-state index contributed by atoms with van der Waals surface area (Å²) in [4.78, 5) is 35.1. The molecule has 3 N–H and O–H groups in total. The number of carbonyl (C=O) groups excluding carboxylic acids is 2. The molecule has 0 radical (unpaired) electrons. The van der Waals surface area contributed by atoms with Crippen LogP contribution in [0.4, 0.5) is 4.79 Å². The number of ether oxygens (including phenoxy) is 1. The van der Waals surface area contributed by atoms with Gasteiger partial charge in [-0.2, -0.15) is 0 Å². The fraction of sp³-hybridized carbons (Fsp3) is 0.769. The number of methoxy groups -OCH3 is 1. The first-order chi connectivity index (χ1) is 9.95. The fourth-order valence-corrected chi connectivity index (χ4v) is 1.51. The van der Waals surface area contributed by atoms with Crippen molar-refractivity contribution in [1.82, 2.24) is 15.5 Å². The first kappa shape index (κ1) is 19.3. The van der Waals surface area contributed by atoms with Gasteiger partial charge < -0.3 is 20.1 Å². The van der Waals surface area contributed by atoms with Crippen LogP contribution in [0.15, 0.2) is 0 Å². The summed E-state index contributed by atoms with van der Waals surface area (Å²) in [5.41, 5.74) is 0. The lowest BCUT2D eigenvalue weighted by Crippen LogP contribution is -2.42. The van der Waals surface area contributed by atoms with Crippen LogP contribution >= 0.6 is 0 Å². The first-order valence-electron chi connectivity index (χ1n) is 6.92. The number of rotatable bonds is 11. The lowest BCUT2D eigenvalue weighted by molar-refractivity contribution is -0.137. The summed E-state index contributed by atoms with van der Waals surface area (Å²) < 4.78 is 4.93. The number of nitrogens with zero attached hydrogens (tertiary/aromatic N) is 1. The number of hydrogen-bond donors (Lipinski definition) is 3. The number of carboxylic acids is 1. The van der Waals surface area contributed by atoms with Crippen molar-refractivity contribution in [3.63, 3.8) is 0 Å². The maximum Gasteiger partial charge on any atom is 0.321 e. The molecule has 8 heteroatoms. The number of unbranched alkanes of at least 4 members (excludes halogenated alkanes) is 1. The molecule has 3 amide bonds. The number of nitrogens with one attached hydrogen (secondary N) is 2. The van der Waals surface area contributed by atoms with Gasteiger partial charge in [0.1, 0.15) is 0 Å². The Morgan fingerprint density at radius 1 is 1.14 bits per heavy atom. The highest BCUT2D eigenvalue weighted by Gasteiger charge is 2.07. The van der Waals surface area contributed by atoms with Gasteiger partial charge in [0, 0.05) is 39.6 Å². The van der Waals surface area contributed by atoms with E-state index in [9.17, 15) is 14.4 Å². The van der Waals surface area contributed by atoms with Gasteiger partial charge in [-0.1, -0.05) is 0 Å². The van der Waals surface area contributed by atoms with Crippen molar-refractivity contribution >= 4 is 17.9 Å². The Morgan fingerprint density at radius 3 is 2.43 bits per heavy atom.